The summed E-state index contributed by atoms with van der Waals surface area (Å²) in [5.74, 6) is -2.21. The second kappa shape index (κ2) is 7.91. The molecule has 0 aromatic carbocycles. The predicted octanol–water partition coefficient (Wildman–Crippen LogP) is -1.46. The number of carbonyl (C=O) groups is 3. The Morgan fingerprint density at radius 1 is 1.15 bits per heavy atom. The number of hydrogen-bond acceptors (Lipinski definition) is 11. The van der Waals surface area contributed by atoms with Crippen LogP contribution in [-0.4, -0.2) is 57.4 Å². The van der Waals surface area contributed by atoms with Gasteiger partial charge in [-0.25, -0.2) is 9.78 Å². The first-order valence-electron chi connectivity index (χ1n) is 7.53. The van der Waals surface area contributed by atoms with Crippen molar-refractivity contribution in [3.63, 3.8) is 0 Å². The number of carbonyl (C=O) groups excluding carboxylic acids is 3. The smallest absolute Gasteiger partial charge is 0.354 e. The molecule has 1 aromatic rings. The standard InChI is InChI=1S/C14H18N4O8/c1-6(19)23-4-9-10(24-7(2)20)11(25-8(3)21)12(26-9)18-5-16-13(15)17-14(18)22/h5,9-12H,4H2,1-3H3,(H2,15,17,22)/t9-,10-,11+,12-/m1/s1. The van der Waals surface area contributed by atoms with E-state index in [9.17, 15) is 19.2 Å². The molecule has 1 fully saturated rings. The van der Waals surface area contributed by atoms with E-state index in [4.69, 9.17) is 24.7 Å². The third-order valence-corrected chi connectivity index (χ3v) is 3.36. The minimum Gasteiger partial charge on any atom is -0.463 e. The van der Waals surface area contributed by atoms with Crippen LogP contribution in [0.5, 0.6) is 0 Å². The fraction of sp³-hybridized carbons (Fsp3) is 0.571. The topological polar surface area (TPSA) is 162 Å². The van der Waals surface area contributed by atoms with Gasteiger partial charge in [-0.3, -0.25) is 19.0 Å². The molecule has 1 aliphatic heterocycles. The Labute approximate surface area is 147 Å². The van der Waals surface area contributed by atoms with Gasteiger partial charge < -0.3 is 24.7 Å². The van der Waals surface area contributed by atoms with Gasteiger partial charge in [-0.1, -0.05) is 0 Å². The lowest BCUT2D eigenvalue weighted by molar-refractivity contribution is -0.166. The minimum atomic E-state index is -1.21. The number of nitrogens with two attached hydrogens (primary N) is 1. The van der Waals surface area contributed by atoms with E-state index in [2.05, 4.69) is 9.97 Å². The number of rotatable bonds is 5. The van der Waals surface area contributed by atoms with Gasteiger partial charge >= 0.3 is 23.6 Å². The largest absolute Gasteiger partial charge is 0.463 e. The average molecular weight is 370 g/mol. The summed E-state index contributed by atoms with van der Waals surface area (Å²) in [5, 5.41) is 0. The van der Waals surface area contributed by atoms with Crippen LogP contribution in [0.25, 0.3) is 0 Å². The van der Waals surface area contributed by atoms with Gasteiger partial charge in [0.1, 0.15) is 19.0 Å². The molecular weight excluding hydrogens is 352 g/mol. The molecule has 12 nitrogen and oxygen atoms in total. The Morgan fingerprint density at radius 2 is 1.77 bits per heavy atom. The molecule has 0 aliphatic carbocycles. The summed E-state index contributed by atoms with van der Waals surface area (Å²) in [5.41, 5.74) is 4.54. The van der Waals surface area contributed by atoms with E-state index in [0.717, 1.165) is 24.7 Å². The zero-order valence-electron chi connectivity index (χ0n) is 14.3. The first kappa shape index (κ1) is 19.3. The molecule has 2 rings (SSSR count). The van der Waals surface area contributed by atoms with Crippen LogP contribution < -0.4 is 11.4 Å². The molecule has 0 amide bonds. The van der Waals surface area contributed by atoms with Crippen molar-refractivity contribution in [2.24, 2.45) is 0 Å². The molecule has 142 valence electrons. The van der Waals surface area contributed by atoms with Gasteiger partial charge in [0.15, 0.2) is 18.4 Å². The molecule has 0 spiro atoms. The summed E-state index contributed by atoms with van der Waals surface area (Å²) < 4.78 is 21.8. The molecule has 1 saturated heterocycles. The number of hydrogen-bond donors (Lipinski definition) is 1. The fourth-order valence-electron chi connectivity index (χ4n) is 2.45. The van der Waals surface area contributed by atoms with Crippen molar-refractivity contribution in [3.05, 3.63) is 16.8 Å². The van der Waals surface area contributed by atoms with Gasteiger partial charge in [0, 0.05) is 20.8 Å². The normalized spacial score (nSPS) is 24.7. The number of ether oxygens (including phenoxy) is 4. The fourth-order valence-corrected chi connectivity index (χ4v) is 2.45. The highest BCUT2D eigenvalue weighted by Gasteiger charge is 2.51. The third-order valence-electron chi connectivity index (χ3n) is 3.36. The minimum absolute atomic E-state index is 0.249. The van der Waals surface area contributed by atoms with Crippen molar-refractivity contribution in [2.75, 3.05) is 12.3 Å². The Morgan fingerprint density at radius 3 is 2.31 bits per heavy atom. The molecule has 0 radical (unpaired) electrons. The third kappa shape index (κ3) is 4.53. The number of anilines is 1. The molecule has 0 bridgehead atoms. The molecule has 1 aromatic heterocycles. The summed E-state index contributed by atoms with van der Waals surface area (Å²) in [7, 11) is 0. The van der Waals surface area contributed by atoms with Gasteiger partial charge in [-0.05, 0) is 0 Å². The molecule has 26 heavy (non-hydrogen) atoms. The van der Waals surface area contributed by atoms with E-state index >= 15 is 0 Å². The molecule has 4 atom stereocenters. The lowest BCUT2D eigenvalue weighted by atomic mass is 10.1. The van der Waals surface area contributed by atoms with Crippen molar-refractivity contribution in [1.82, 2.24) is 14.5 Å². The lowest BCUT2D eigenvalue weighted by Crippen LogP contribution is -2.42. The van der Waals surface area contributed by atoms with Crippen LogP contribution in [0.15, 0.2) is 11.1 Å². The number of esters is 3. The Kier molecular flexibility index (Phi) is 5.87. The maximum atomic E-state index is 12.1. The van der Waals surface area contributed by atoms with E-state index in [1.54, 1.807) is 0 Å². The second-order valence-electron chi connectivity index (χ2n) is 5.42. The summed E-state index contributed by atoms with van der Waals surface area (Å²) in [6.07, 6.45) is -3.45. The quantitative estimate of drug-likeness (QED) is 0.476. The van der Waals surface area contributed by atoms with Gasteiger partial charge in [-0.2, -0.15) is 4.98 Å². The van der Waals surface area contributed by atoms with Crippen LogP contribution in [-0.2, 0) is 33.3 Å². The zero-order valence-corrected chi connectivity index (χ0v) is 14.3. The highest BCUT2D eigenvalue weighted by molar-refractivity contribution is 5.67. The zero-order chi connectivity index (χ0) is 19.4. The van der Waals surface area contributed by atoms with E-state index in [1.807, 2.05) is 0 Å². The number of aromatic nitrogens is 3. The van der Waals surface area contributed by atoms with Crippen molar-refractivity contribution in [2.45, 2.75) is 45.3 Å². The molecule has 0 saturated carbocycles. The summed E-state index contributed by atoms with van der Waals surface area (Å²) in [6.45, 7) is 3.20. The lowest BCUT2D eigenvalue weighted by Gasteiger charge is -2.23. The molecular formula is C14H18N4O8. The van der Waals surface area contributed by atoms with Crippen molar-refractivity contribution >= 4 is 23.9 Å². The van der Waals surface area contributed by atoms with Gasteiger partial charge in [-0.15, -0.1) is 0 Å². The van der Waals surface area contributed by atoms with Crippen LogP contribution in [0.4, 0.5) is 5.95 Å². The Hall–Kier alpha value is -3.02. The first-order valence-corrected chi connectivity index (χ1v) is 7.53. The summed E-state index contributed by atoms with van der Waals surface area (Å²) in [6, 6.07) is 0. The Bertz CT molecular complexity index is 764. The van der Waals surface area contributed by atoms with Crippen molar-refractivity contribution < 1.29 is 33.3 Å². The van der Waals surface area contributed by atoms with Crippen LogP contribution >= 0.6 is 0 Å². The van der Waals surface area contributed by atoms with Crippen LogP contribution in [0.1, 0.15) is 27.0 Å². The predicted molar refractivity (Wildman–Crippen MR) is 82.4 cm³/mol. The SMILES string of the molecule is CC(=O)OC[C@H]1O[C@@H](n2cnc(N)nc2=O)[C@@H](OC(C)=O)[C@@H]1OC(C)=O. The molecule has 12 heteroatoms. The van der Waals surface area contributed by atoms with Gasteiger partial charge in [0.25, 0.3) is 0 Å². The molecule has 2 N–H and O–H groups in total. The summed E-state index contributed by atoms with van der Waals surface area (Å²) >= 11 is 0. The van der Waals surface area contributed by atoms with Crippen molar-refractivity contribution in [1.29, 1.82) is 0 Å². The van der Waals surface area contributed by atoms with E-state index in [0.29, 0.717) is 0 Å². The molecule has 0 unspecified atom stereocenters. The van der Waals surface area contributed by atoms with E-state index in [1.165, 1.54) is 6.92 Å². The van der Waals surface area contributed by atoms with E-state index in [-0.39, 0.29) is 12.6 Å². The monoisotopic (exact) mass is 370 g/mol. The molecule has 1 aliphatic rings. The second-order valence-corrected chi connectivity index (χ2v) is 5.42. The maximum absolute atomic E-state index is 12.1. The highest BCUT2D eigenvalue weighted by atomic mass is 16.7. The molecule has 2 heterocycles. The first-order chi connectivity index (χ1) is 12.2. The Balaban J connectivity index is 2.40. The average Bonchev–Trinajstić information content (AvgIpc) is 2.82. The highest BCUT2D eigenvalue weighted by Crippen LogP contribution is 2.33. The van der Waals surface area contributed by atoms with Gasteiger partial charge in [0.05, 0.1) is 0 Å². The van der Waals surface area contributed by atoms with E-state index < -0.39 is 48.1 Å². The van der Waals surface area contributed by atoms with Crippen LogP contribution in [0.3, 0.4) is 0 Å². The number of nitrogens with zero attached hydrogens (tertiary/aromatic N) is 3. The maximum Gasteiger partial charge on any atom is 0.354 e. The summed E-state index contributed by atoms with van der Waals surface area (Å²) in [4.78, 5) is 53.2. The van der Waals surface area contributed by atoms with Crippen LogP contribution in [0, 0.1) is 0 Å². The van der Waals surface area contributed by atoms with Crippen LogP contribution in [0.2, 0.25) is 0 Å². The number of nitrogen functional groups attached to an aromatic ring is 1. The van der Waals surface area contributed by atoms with Gasteiger partial charge in [0.2, 0.25) is 5.95 Å². The van der Waals surface area contributed by atoms with Crippen molar-refractivity contribution in [3.8, 4) is 0 Å².